The molecule has 0 aliphatic heterocycles. The molecule has 5 heteroatoms. The van der Waals surface area contributed by atoms with E-state index < -0.39 is 6.10 Å². The number of benzene rings is 2. The van der Waals surface area contributed by atoms with Crippen molar-refractivity contribution < 1.29 is 14.6 Å². The number of rotatable bonds is 4. The van der Waals surface area contributed by atoms with E-state index in [0.29, 0.717) is 17.1 Å². The summed E-state index contributed by atoms with van der Waals surface area (Å²) < 4.78 is 12.4. The second kappa shape index (κ2) is 6.81. The zero-order valence-corrected chi connectivity index (χ0v) is 15.2. The molecule has 21 heavy (non-hydrogen) atoms. The fourth-order valence-electron chi connectivity index (χ4n) is 2.17. The van der Waals surface area contributed by atoms with Crippen molar-refractivity contribution in [3.8, 4) is 11.5 Å². The van der Waals surface area contributed by atoms with Crippen molar-refractivity contribution in [2.75, 3.05) is 14.2 Å². The lowest BCUT2D eigenvalue weighted by Crippen LogP contribution is -2.05. The summed E-state index contributed by atoms with van der Waals surface area (Å²) >= 11 is 6.86. The lowest BCUT2D eigenvalue weighted by Gasteiger charge is -2.19. The Hall–Kier alpha value is -1.04. The largest absolute Gasteiger partial charge is 0.496 e. The Morgan fingerprint density at radius 3 is 2.24 bits per heavy atom. The number of methoxy groups -OCH3 is 2. The van der Waals surface area contributed by atoms with Crippen molar-refractivity contribution in [3.63, 3.8) is 0 Å². The standard InChI is InChI=1S/C16H16Br2O3/c1-9-4-5-10(17)6-11(9)16(19)12-7-15(21-3)13(18)8-14(12)20-2/h4-8,16,19H,1-3H3. The van der Waals surface area contributed by atoms with Crippen LogP contribution in [0.2, 0.25) is 0 Å². The molecule has 0 aromatic heterocycles. The van der Waals surface area contributed by atoms with Crippen LogP contribution in [0.4, 0.5) is 0 Å². The normalized spacial score (nSPS) is 12.1. The summed E-state index contributed by atoms with van der Waals surface area (Å²) in [6.07, 6.45) is -0.792. The predicted octanol–water partition coefficient (Wildman–Crippen LogP) is 4.62. The number of aliphatic hydroxyl groups excluding tert-OH is 1. The van der Waals surface area contributed by atoms with Crippen LogP contribution in [-0.2, 0) is 0 Å². The average molecular weight is 416 g/mol. The molecule has 0 aliphatic carbocycles. The molecule has 1 N–H and O–H groups in total. The summed E-state index contributed by atoms with van der Waals surface area (Å²) in [5.41, 5.74) is 2.50. The second-order valence-corrected chi connectivity index (χ2v) is 6.40. The minimum Gasteiger partial charge on any atom is -0.496 e. The van der Waals surface area contributed by atoms with Crippen LogP contribution in [0.1, 0.15) is 22.8 Å². The zero-order chi connectivity index (χ0) is 15.6. The highest BCUT2D eigenvalue weighted by Gasteiger charge is 2.20. The molecule has 1 atom stereocenters. The fourth-order valence-corrected chi connectivity index (χ4v) is 3.03. The van der Waals surface area contributed by atoms with E-state index in [4.69, 9.17) is 9.47 Å². The quantitative estimate of drug-likeness (QED) is 0.791. The van der Waals surface area contributed by atoms with Crippen LogP contribution in [-0.4, -0.2) is 19.3 Å². The topological polar surface area (TPSA) is 38.7 Å². The SMILES string of the molecule is COc1cc(C(O)c2cc(Br)ccc2C)c(OC)cc1Br. The number of hydrogen-bond acceptors (Lipinski definition) is 3. The Morgan fingerprint density at radius 1 is 0.952 bits per heavy atom. The molecule has 0 aliphatic rings. The van der Waals surface area contributed by atoms with Gasteiger partial charge in [0, 0.05) is 10.0 Å². The molecule has 0 bridgehead atoms. The molecule has 0 fully saturated rings. The third kappa shape index (κ3) is 3.42. The van der Waals surface area contributed by atoms with Crippen LogP contribution in [0, 0.1) is 6.92 Å². The van der Waals surface area contributed by atoms with Gasteiger partial charge in [-0.2, -0.15) is 0 Å². The lowest BCUT2D eigenvalue weighted by molar-refractivity contribution is 0.213. The summed E-state index contributed by atoms with van der Waals surface area (Å²) in [7, 11) is 3.17. The number of hydrogen-bond donors (Lipinski definition) is 1. The van der Waals surface area contributed by atoms with Gasteiger partial charge in [0.2, 0.25) is 0 Å². The Labute approximate surface area is 141 Å². The maximum Gasteiger partial charge on any atom is 0.133 e. The summed E-state index contributed by atoms with van der Waals surface area (Å²) in [6.45, 7) is 1.97. The van der Waals surface area contributed by atoms with Crippen molar-refractivity contribution in [2.24, 2.45) is 0 Å². The van der Waals surface area contributed by atoms with E-state index in [2.05, 4.69) is 31.9 Å². The molecule has 0 spiro atoms. The van der Waals surface area contributed by atoms with E-state index in [1.54, 1.807) is 26.4 Å². The Morgan fingerprint density at radius 2 is 1.62 bits per heavy atom. The van der Waals surface area contributed by atoms with Gasteiger partial charge >= 0.3 is 0 Å². The molecule has 0 saturated carbocycles. The first-order valence-electron chi connectivity index (χ1n) is 6.33. The van der Waals surface area contributed by atoms with E-state index in [1.165, 1.54) is 0 Å². The molecule has 0 heterocycles. The molecule has 3 nitrogen and oxygen atoms in total. The molecular formula is C16H16Br2O3. The maximum absolute atomic E-state index is 10.7. The van der Waals surface area contributed by atoms with Crippen LogP contribution in [0.25, 0.3) is 0 Å². The van der Waals surface area contributed by atoms with Crippen molar-refractivity contribution in [3.05, 3.63) is 56.0 Å². The van der Waals surface area contributed by atoms with Gasteiger partial charge in [-0.05, 0) is 58.2 Å². The van der Waals surface area contributed by atoms with Gasteiger partial charge in [0.05, 0.1) is 18.7 Å². The van der Waals surface area contributed by atoms with Crippen LogP contribution in [0.15, 0.2) is 39.3 Å². The zero-order valence-electron chi connectivity index (χ0n) is 12.0. The molecule has 2 rings (SSSR count). The summed E-state index contributed by atoms with van der Waals surface area (Å²) in [5, 5.41) is 10.7. The van der Waals surface area contributed by atoms with Gasteiger partial charge in [0.1, 0.15) is 17.6 Å². The van der Waals surface area contributed by atoms with Crippen molar-refractivity contribution >= 4 is 31.9 Å². The second-order valence-electron chi connectivity index (χ2n) is 4.63. The Bertz CT molecular complexity index is 656. The van der Waals surface area contributed by atoms with Crippen LogP contribution < -0.4 is 9.47 Å². The molecule has 2 aromatic carbocycles. The maximum atomic E-state index is 10.7. The van der Waals surface area contributed by atoms with Gasteiger partial charge in [-0.25, -0.2) is 0 Å². The molecule has 0 radical (unpaired) electrons. The highest BCUT2D eigenvalue weighted by molar-refractivity contribution is 9.10. The van der Waals surface area contributed by atoms with Gasteiger partial charge < -0.3 is 14.6 Å². The van der Waals surface area contributed by atoms with Crippen molar-refractivity contribution in [1.29, 1.82) is 0 Å². The number of ether oxygens (including phenoxy) is 2. The van der Waals surface area contributed by atoms with E-state index in [1.807, 2.05) is 25.1 Å². The minimum absolute atomic E-state index is 0.606. The Kier molecular flexibility index (Phi) is 5.30. The van der Waals surface area contributed by atoms with Gasteiger partial charge in [-0.1, -0.05) is 22.0 Å². The highest BCUT2D eigenvalue weighted by atomic mass is 79.9. The lowest BCUT2D eigenvalue weighted by atomic mass is 9.96. The minimum atomic E-state index is -0.792. The van der Waals surface area contributed by atoms with Crippen LogP contribution in [0.5, 0.6) is 11.5 Å². The number of aryl methyl sites for hydroxylation is 1. The monoisotopic (exact) mass is 414 g/mol. The van der Waals surface area contributed by atoms with Crippen LogP contribution >= 0.6 is 31.9 Å². The molecule has 112 valence electrons. The predicted molar refractivity (Wildman–Crippen MR) is 90.2 cm³/mol. The van der Waals surface area contributed by atoms with E-state index in [-0.39, 0.29) is 0 Å². The first-order chi connectivity index (χ1) is 9.97. The van der Waals surface area contributed by atoms with Crippen molar-refractivity contribution in [1.82, 2.24) is 0 Å². The molecule has 0 saturated heterocycles. The van der Waals surface area contributed by atoms with Gasteiger partial charge in [-0.3, -0.25) is 0 Å². The first-order valence-corrected chi connectivity index (χ1v) is 7.92. The smallest absolute Gasteiger partial charge is 0.133 e. The van der Waals surface area contributed by atoms with Crippen molar-refractivity contribution in [2.45, 2.75) is 13.0 Å². The summed E-state index contributed by atoms with van der Waals surface area (Å²) in [5.74, 6) is 1.26. The summed E-state index contributed by atoms with van der Waals surface area (Å²) in [4.78, 5) is 0. The Balaban J connectivity index is 2.56. The van der Waals surface area contributed by atoms with E-state index in [0.717, 1.165) is 20.1 Å². The van der Waals surface area contributed by atoms with Crippen LogP contribution in [0.3, 0.4) is 0 Å². The average Bonchev–Trinajstić information content (AvgIpc) is 2.48. The van der Waals surface area contributed by atoms with Gasteiger partial charge in [-0.15, -0.1) is 0 Å². The third-order valence-electron chi connectivity index (χ3n) is 3.33. The first kappa shape index (κ1) is 16.3. The molecule has 0 amide bonds. The molecule has 2 aromatic rings. The summed E-state index contributed by atoms with van der Waals surface area (Å²) in [6, 6.07) is 9.41. The number of halogens is 2. The van der Waals surface area contributed by atoms with Gasteiger partial charge in [0.15, 0.2) is 0 Å². The van der Waals surface area contributed by atoms with E-state index in [9.17, 15) is 5.11 Å². The van der Waals surface area contributed by atoms with E-state index >= 15 is 0 Å². The number of aliphatic hydroxyl groups is 1. The third-order valence-corrected chi connectivity index (χ3v) is 4.45. The highest BCUT2D eigenvalue weighted by Crippen LogP contribution is 2.39. The fraction of sp³-hybridized carbons (Fsp3) is 0.250. The molecule has 1 unspecified atom stereocenters. The molecular weight excluding hydrogens is 400 g/mol. The van der Waals surface area contributed by atoms with Gasteiger partial charge in [0.25, 0.3) is 0 Å².